The van der Waals surface area contributed by atoms with Crippen LogP contribution in [0.5, 0.6) is 0 Å². The van der Waals surface area contributed by atoms with Gasteiger partial charge in [0.25, 0.3) is 0 Å². The first kappa shape index (κ1) is 14.8. The van der Waals surface area contributed by atoms with Gasteiger partial charge in [0.05, 0.1) is 6.04 Å². The van der Waals surface area contributed by atoms with Gasteiger partial charge in [-0.15, -0.1) is 0 Å². The first-order valence-electron chi connectivity index (χ1n) is 7.26. The smallest absolute Gasteiger partial charge is 0.0579 e. The maximum Gasteiger partial charge on any atom is 0.0579 e. The lowest BCUT2D eigenvalue weighted by Crippen LogP contribution is -2.20. The first-order valence-corrected chi connectivity index (χ1v) is 7.26. The van der Waals surface area contributed by atoms with Crippen molar-refractivity contribution in [1.29, 1.82) is 0 Å². The average Bonchev–Trinajstić information content (AvgIpc) is 2.40. The highest BCUT2D eigenvalue weighted by atomic mass is 14.9. The predicted molar refractivity (Wildman–Crippen MR) is 87.5 cm³/mol. The maximum atomic E-state index is 3.49. The molecule has 0 fully saturated rings. The highest BCUT2D eigenvalue weighted by Gasteiger charge is 2.17. The maximum absolute atomic E-state index is 3.49. The Kier molecular flexibility index (Phi) is 4.29. The molecular formula is C19H25N. The van der Waals surface area contributed by atoms with E-state index in [2.05, 4.69) is 70.3 Å². The summed E-state index contributed by atoms with van der Waals surface area (Å²) in [5, 5.41) is 3.49. The number of hydrogen-bond acceptors (Lipinski definition) is 1. The van der Waals surface area contributed by atoms with E-state index in [1.807, 2.05) is 7.05 Å². The largest absolute Gasteiger partial charge is 0.309 e. The van der Waals surface area contributed by atoms with Gasteiger partial charge in [0.2, 0.25) is 0 Å². The fraction of sp³-hybridized carbons (Fsp3) is 0.368. The van der Waals surface area contributed by atoms with Gasteiger partial charge in [-0.1, -0.05) is 35.9 Å². The van der Waals surface area contributed by atoms with Crippen LogP contribution in [0.2, 0.25) is 0 Å². The normalized spacial score (nSPS) is 12.5. The molecule has 2 rings (SSSR count). The Morgan fingerprint density at radius 1 is 0.700 bits per heavy atom. The summed E-state index contributed by atoms with van der Waals surface area (Å²) in [5.74, 6) is 0. The van der Waals surface area contributed by atoms with Gasteiger partial charge >= 0.3 is 0 Å². The van der Waals surface area contributed by atoms with E-state index in [9.17, 15) is 0 Å². The first-order chi connectivity index (χ1) is 9.43. The molecule has 1 nitrogen and oxygen atoms in total. The Hall–Kier alpha value is -1.60. The third-order valence-corrected chi connectivity index (χ3v) is 4.23. The van der Waals surface area contributed by atoms with Gasteiger partial charge in [0, 0.05) is 0 Å². The highest BCUT2D eigenvalue weighted by molar-refractivity contribution is 5.45. The fourth-order valence-corrected chi connectivity index (χ4v) is 2.84. The lowest BCUT2D eigenvalue weighted by Gasteiger charge is -2.23. The monoisotopic (exact) mass is 267 g/mol. The van der Waals surface area contributed by atoms with E-state index < -0.39 is 0 Å². The zero-order valence-electron chi connectivity index (χ0n) is 13.5. The van der Waals surface area contributed by atoms with Crippen LogP contribution in [0.15, 0.2) is 30.3 Å². The van der Waals surface area contributed by atoms with Gasteiger partial charge in [0.15, 0.2) is 0 Å². The lowest BCUT2D eigenvalue weighted by atomic mass is 9.89. The summed E-state index contributed by atoms with van der Waals surface area (Å²) in [4.78, 5) is 0. The molecule has 0 amide bonds. The minimum atomic E-state index is 0.259. The molecule has 2 aromatic rings. The number of hydrogen-bond donors (Lipinski definition) is 1. The summed E-state index contributed by atoms with van der Waals surface area (Å²) in [7, 11) is 2.04. The van der Waals surface area contributed by atoms with Gasteiger partial charge in [0.1, 0.15) is 0 Å². The predicted octanol–water partition coefficient (Wildman–Crippen LogP) is 4.54. The topological polar surface area (TPSA) is 12.0 Å². The van der Waals surface area contributed by atoms with Gasteiger partial charge < -0.3 is 5.32 Å². The van der Waals surface area contributed by atoms with E-state index in [1.54, 1.807) is 0 Å². The summed E-state index contributed by atoms with van der Waals surface area (Å²) in [5.41, 5.74) is 9.48. The standard InChI is InChI=1S/C19H25N/c1-12-7-8-13(2)17(9-12)19(20-6)18-11-15(4)14(3)10-16(18)5/h7-11,19-20H,1-6H3. The van der Waals surface area contributed by atoms with Crippen LogP contribution in [0, 0.1) is 34.6 Å². The molecule has 0 aliphatic heterocycles. The molecule has 0 saturated heterocycles. The molecule has 0 heterocycles. The molecule has 0 radical (unpaired) electrons. The van der Waals surface area contributed by atoms with Crippen molar-refractivity contribution in [3.8, 4) is 0 Å². The second-order valence-electron chi connectivity index (χ2n) is 5.87. The minimum Gasteiger partial charge on any atom is -0.309 e. The number of nitrogens with one attached hydrogen (secondary N) is 1. The Labute approximate surface area is 123 Å². The van der Waals surface area contributed by atoms with Crippen LogP contribution in [0.4, 0.5) is 0 Å². The molecule has 1 heteroatoms. The summed E-state index contributed by atoms with van der Waals surface area (Å²) >= 11 is 0. The van der Waals surface area contributed by atoms with Crippen LogP contribution >= 0.6 is 0 Å². The van der Waals surface area contributed by atoms with E-state index in [4.69, 9.17) is 0 Å². The van der Waals surface area contributed by atoms with E-state index in [0.29, 0.717) is 0 Å². The fourth-order valence-electron chi connectivity index (χ4n) is 2.84. The number of benzene rings is 2. The average molecular weight is 267 g/mol. The van der Waals surface area contributed by atoms with Crippen molar-refractivity contribution < 1.29 is 0 Å². The molecule has 1 unspecified atom stereocenters. The summed E-state index contributed by atoms with van der Waals surface area (Å²) in [6.07, 6.45) is 0. The highest BCUT2D eigenvalue weighted by Crippen LogP contribution is 2.29. The van der Waals surface area contributed by atoms with Gasteiger partial charge in [-0.05, 0) is 75.0 Å². The number of rotatable bonds is 3. The zero-order chi connectivity index (χ0) is 14.9. The Bertz CT molecular complexity index is 626. The van der Waals surface area contributed by atoms with Crippen molar-refractivity contribution in [3.63, 3.8) is 0 Å². The molecule has 0 aliphatic carbocycles. The van der Waals surface area contributed by atoms with Crippen LogP contribution < -0.4 is 5.32 Å². The SMILES string of the molecule is CNC(c1cc(C)ccc1C)c1cc(C)c(C)cc1C. The molecule has 0 bridgehead atoms. The van der Waals surface area contributed by atoms with Crippen molar-refractivity contribution in [1.82, 2.24) is 5.32 Å². The van der Waals surface area contributed by atoms with Crippen LogP contribution in [0.3, 0.4) is 0 Å². The van der Waals surface area contributed by atoms with E-state index in [0.717, 1.165) is 0 Å². The molecule has 2 aromatic carbocycles. The Morgan fingerprint density at radius 2 is 1.30 bits per heavy atom. The lowest BCUT2D eigenvalue weighted by molar-refractivity contribution is 0.682. The zero-order valence-corrected chi connectivity index (χ0v) is 13.5. The molecule has 0 aromatic heterocycles. The van der Waals surface area contributed by atoms with Crippen LogP contribution in [-0.4, -0.2) is 7.05 Å². The van der Waals surface area contributed by atoms with E-state index in [1.165, 1.54) is 38.9 Å². The molecular weight excluding hydrogens is 242 g/mol. The van der Waals surface area contributed by atoms with Crippen molar-refractivity contribution in [2.75, 3.05) is 7.05 Å². The van der Waals surface area contributed by atoms with Crippen LogP contribution in [0.25, 0.3) is 0 Å². The van der Waals surface area contributed by atoms with Crippen molar-refractivity contribution in [2.24, 2.45) is 0 Å². The second-order valence-corrected chi connectivity index (χ2v) is 5.87. The van der Waals surface area contributed by atoms with Gasteiger partial charge in [-0.2, -0.15) is 0 Å². The summed E-state index contributed by atoms with van der Waals surface area (Å²) in [6, 6.07) is 11.6. The Balaban J connectivity index is 2.58. The van der Waals surface area contributed by atoms with Gasteiger partial charge in [-0.3, -0.25) is 0 Å². The number of aryl methyl sites for hydroxylation is 5. The third-order valence-electron chi connectivity index (χ3n) is 4.23. The molecule has 0 saturated carbocycles. The third kappa shape index (κ3) is 2.78. The Morgan fingerprint density at radius 3 is 1.95 bits per heavy atom. The molecule has 20 heavy (non-hydrogen) atoms. The van der Waals surface area contributed by atoms with Crippen molar-refractivity contribution in [3.05, 3.63) is 69.3 Å². The molecule has 1 atom stereocenters. The molecule has 0 aliphatic rings. The second kappa shape index (κ2) is 5.80. The van der Waals surface area contributed by atoms with Crippen molar-refractivity contribution in [2.45, 2.75) is 40.7 Å². The quantitative estimate of drug-likeness (QED) is 0.861. The molecule has 106 valence electrons. The van der Waals surface area contributed by atoms with Crippen molar-refractivity contribution >= 4 is 0 Å². The van der Waals surface area contributed by atoms with Gasteiger partial charge in [-0.25, -0.2) is 0 Å². The van der Waals surface area contributed by atoms with Crippen LogP contribution in [-0.2, 0) is 0 Å². The van der Waals surface area contributed by atoms with E-state index in [-0.39, 0.29) is 6.04 Å². The molecule has 1 N–H and O–H groups in total. The molecule has 0 spiro atoms. The van der Waals surface area contributed by atoms with Crippen LogP contribution in [0.1, 0.15) is 45.0 Å². The minimum absolute atomic E-state index is 0.259. The summed E-state index contributed by atoms with van der Waals surface area (Å²) in [6.45, 7) is 10.9. The van der Waals surface area contributed by atoms with E-state index >= 15 is 0 Å². The summed E-state index contributed by atoms with van der Waals surface area (Å²) < 4.78 is 0.